The first-order chi connectivity index (χ1) is 9.02. The average Bonchev–Trinajstić information content (AvgIpc) is 2.36. The molecule has 1 aromatic carbocycles. The molecule has 1 aromatic rings. The molecular weight excluding hydrogens is 258 g/mol. The first-order valence-electron chi connectivity index (χ1n) is 5.76. The molecule has 0 spiro atoms. The predicted molar refractivity (Wildman–Crippen MR) is 63.3 cm³/mol. The Morgan fingerprint density at radius 1 is 1.16 bits per heavy atom. The monoisotopic (exact) mass is 272 g/mol. The van der Waals surface area contributed by atoms with Crippen LogP contribution >= 0.6 is 0 Å². The van der Waals surface area contributed by atoms with Crippen LogP contribution in [0.4, 0.5) is 8.78 Å². The number of halogens is 2. The highest BCUT2D eigenvalue weighted by molar-refractivity contribution is 5.97. The van der Waals surface area contributed by atoms with Gasteiger partial charge in [0.15, 0.2) is 5.78 Å². The fraction of sp³-hybridized carbons (Fsp3) is 0.385. The number of carbonyl (C=O) groups excluding carboxylic acids is 2. The van der Waals surface area contributed by atoms with Crippen molar-refractivity contribution in [2.24, 2.45) is 0 Å². The normalized spacial score (nSPS) is 10.3. The summed E-state index contributed by atoms with van der Waals surface area (Å²) < 4.78 is 32.7. The molecule has 4 nitrogen and oxygen atoms in total. The summed E-state index contributed by atoms with van der Waals surface area (Å²) in [5, 5.41) is 0. The van der Waals surface area contributed by atoms with Gasteiger partial charge in [0, 0.05) is 12.0 Å². The van der Waals surface area contributed by atoms with E-state index in [0.717, 1.165) is 0 Å². The number of esters is 1. The zero-order valence-corrected chi connectivity index (χ0v) is 10.4. The number of Topliss-reactive ketones (excluding diaryl/α,β-unsaturated/α-hetero) is 1. The zero-order valence-electron chi connectivity index (χ0n) is 10.4. The van der Waals surface area contributed by atoms with Gasteiger partial charge >= 0.3 is 12.6 Å². The van der Waals surface area contributed by atoms with Crippen LogP contribution in [0.3, 0.4) is 0 Å². The Labute approximate surface area is 109 Å². The van der Waals surface area contributed by atoms with Crippen molar-refractivity contribution in [3.8, 4) is 5.75 Å². The summed E-state index contributed by atoms with van der Waals surface area (Å²) in [6.45, 7) is -0.945. The maximum Gasteiger partial charge on any atom is 0.387 e. The lowest BCUT2D eigenvalue weighted by molar-refractivity contribution is -0.143. The second-order valence-electron chi connectivity index (χ2n) is 3.63. The molecule has 0 bridgehead atoms. The largest absolute Gasteiger partial charge is 0.466 e. The van der Waals surface area contributed by atoms with E-state index in [-0.39, 0.29) is 31.0 Å². The molecule has 0 unspecified atom stereocenters. The Morgan fingerprint density at radius 2 is 1.79 bits per heavy atom. The summed E-state index contributed by atoms with van der Waals surface area (Å²) in [5.41, 5.74) is 0.339. The number of hydrogen-bond donors (Lipinski definition) is 0. The Bertz CT molecular complexity index is 429. The highest BCUT2D eigenvalue weighted by Gasteiger charge is 2.10. The van der Waals surface area contributed by atoms with Crippen LogP contribution in [0.25, 0.3) is 0 Å². The van der Waals surface area contributed by atoms with Gasteiger partial charge in [-0.25, -0.2) is 0 Å². The Morgan fingerprint density at radius 3 is 2.32 bits per heavy atom. The SMILES string of the molecule is CCOC(=O)CCC(=O)c1ccc(OC(F)F)cc1. The van der Waals surface area contributed by atoms with Crippen molar-refractivity contribution in [1.82, 2.24) is 0 Å². The number of ether oxygens (including phenoxy) is 2. The molecule has 0 saturated carbocycles. The third-order valence-corrected chi connectivity index (χ3v) is 2.26. The molecule has 0 heterocycles. The molecule has 0 atom stereocenters. The van der Waals surface area contributed by atoms with E-state index in [1.807, 2.05) is 0 Å². The molecule has 19 heavy (non-hydrogen) atoms. The third-order valence-electron chi connectivity index (χ3n) is 2.26. The van der Waals surface area contributed by atoms with Gasteiger partial charge in [0.25, 0.3) is 0 Å². The van der Waals surface area contributed by atoms with Crippen LogP contribution in [-0.4, -0.2) is 25.0 Å². The maximum absolute atomic E-state index is 11.9. The zero-order chi connectivity index (χ0) is 14.3. The summed E-state index contributed by atoms with van der Waals surface area (Å²) >= 11 is 0. The molecule has 0 saturated heterocycles. The van der Waals surface area contributed by atoms with Crippen LogP contribution in [0.1, 0.15) is 30.1 Å². The summed E-state index contributed by atoms with van der Waals surface area (Å²) in [4.78, 5) is 22.8. The van der Waals surface area contributed by atoms with E-state index < -0.39 is 12.6 Å². The number of ketones is 1. The molecule has 0 aliphatic carbocycles. The standard InChI is InChI=1S/C13H14F2O4/c1-2-18-12(17)8-7-11(16)9-3-5-10(6-4-9)19-13(14)15/h3-6,13H,2,7-8H2,1H3. The van der Waals surface area contributed by atoms with Gasteiger partial charge in [-0.2, -0.15) is 8.78 Å². The number of carbonyl (C=O) groups is 2. The van der Waals surface area contributed by atoms with E-state index in [0.29, 0.717) is 5.56 Å². The van der Waals surface area contributed by atoms with Crippen LogP contribution in [-0.2, 0) is 9.53 Å². The fourth-order valence-electron chi connectivity index (χ4n) is 1.42. The lowest BCUT2D eigenvalue weighted by Gasteiger charge is -2.05. The van der Waals surface area contributed by atoms with Gasteiger partial charge in [0.2, 0.25) is 0 Å². The van der Waals surface area contributed by atoms with Gasteiger partial charge in [-0.05, 0) is 31.2 Å². The highest BCUT2D eigenvalue weighted by atomic mass is 19.3. The average molecular weight is 272 g/mol. The van der Waals surface area contributed by atoms with Crippen molar-refractivity contribution < 1.29 is 27.8 Å². The lowest BCUT2D eigenvalue weighted by Crippen LogP contribution is -2.08. The van der Waals surface area contributed by atoms with Gasteiger partial charge in [-0.3, -0.25) is 9.59 Å². The van der Waals surface area contributed by atoms with Gasteiger partial charge in [0.05, 0.1) is 13.0 Å². The van der Waals surface area contributed by atoms with E-state index in [9.17, 15) is 18.4 Å². The molecule has 0 aliphatic rings. The molecule has 0 fully saturated rings. The van der Waals surface area contributed by atoms with Gasteiger partial charge in [-0.1, -0.05) is 0 Å². The van der Waals surface area contributed by atoms with E-state index in [2.05, 4.69) is 4.74 Å². The van der Waals surface area contributed by atoms with Crippen molar-refractivity contribution in [2.75, 3.05) is 6.61 Å². The Balaban J connectivity index is 2.51. The molecule has 1 rings (SSSR count). The molecule has 0 N–H and O–H groups in total. The number of hydrogen-bond acceptors (Lipinski definition) is 4. The van der Waals surface area contributed by atoms with Crippen LogP contribution in [0, 0.1) is 0 Å². The molecule has 0 radical (unpaired) electrons. The number of rotatable bonds is 7. The van der Waals surface area contributed by atoms with Gasteiger partial charge in [-0.15, -0.1) is 0 Å². The van der Waals surface area contributed by atoms with Crippen molar-refractivity contribution in [3.63, 3.8) is 0 Å². The predicted octanol–water partition coefficient (Wildman–Crippen LogP) is 2.81. The van der Waals surface area contributed by atoms with Crippen molar-refractivity contribution in [1.29, 1.82) is 0 Å². The summed E-state index contributed by atoms with van der Waals surface area (Å²) in [6.07, 6.45) is 0.0237. The second kappa shape index (κ2) is 7.45. The molecule has 6 heteroatoms. The molecule has 0 amide bonds. The van der Waals surface area contributed by atoms with Crippen molar-refractivity contribution in [3.05, 3.63) is 29.8 Å². The van der Waals surface area contributed by atoms with E-state index in [4.69, 9.17) is 4.74 Å². The van der Waals surface area contributed by atoms with Crippen molar-refractivity contribution >= 4 is 11.8 Å². The molecule has 104 valence electrons. The lowest BCUT2D eigenvalue weighted by atomic mass is 10.1. The summed E-state index contributed by atoms with van der Waals surface area (Å²) in [6, 6.07) is 5.32. The Kier molecular flexibility index (Phi) is 5.92. The second-order valence-corrected chi connectivity index (χ2v) is 3.63. The minimum Gasteiger partial charge on any atom is -0.466 e. The molecule has 0 aromatic heterocycles. The van der Waals surface area contributed by atoms with E-state index in [1.54, 1.807) is 6.92 Å². The van der Waals surface area contributed by atoms with E-state index >= 15 is 0 Å². The van der Waals surface area contributed by atoms with Gasteiger partial charge in [0.1, 0.15) is 5.75 Å². The molecule has 0 aliphatic heterocycles. The van der Waals surface area contributed by atoms with Crippen LogP contribution in [0.15, 0.2) is 24.3 Å². The van der Waals surface area contributed by atoms with Crippen molar-refractivity contribution in [2.45, 2.75) is 26.4 Å². The topological polar surface area (TPSA) is 52.6 Å². The van der Waals surface area contributed by atoms with Crippen LogP contribution in [0.2, 0.25) is 0 Å². The number of alkyl halides is 2. The summed E-state index contributed by atoms with van der Waals surface area (Å²) in [7, 11) is 0. The first-order valence-corrected chi connectivity index (χ1v) is 5.76. The van der Waals surface area contributed by atoms with Crippen LogP contribution < -0.4 is 4.74 Å². The van der Waals surface area contributed by atoms with E-state index in [1.165, 1.54) is 24.3 Å². The smallest absolute Gasteiger partial charge is 0.387 e. The highest BCUT2D eigenvalue weighted by Crippen LogP contribution is 2.16. The first kappa shape index (κ1) is 15.1. The third kappa shape index (κ3) is 5.46. The fourth-order valence-corrected chi connectivity index (χ4v) is 1.42. The Hall–Kier alpha value is -1.98. The minimum absolute atomic E-state index is 0.00194. The maximum atomic E-state index is 11.9. The van der Waals surface area contributed by atoms with Crippen LogP contribution in [0.5, 0.6) is 5.75 Å². The number of benzene rings is 1. The molecular formula is C13H14F2O4. The summed E-state index contributed by atoms with van der Waals surface area (Å²) in [5.74, 6) is -0.706. The van der Waals surface area contributed by atoms with Gasteiger partial charge < -0.3 is 9.47 Å². The quantitative estimate of drug-likeness (QED) is 0.565. The minimum atomic E-state index is -2.90.